The van der Waals surface area contributed by atoms with Crippen LogP contribution in [0.15, 0.2) is 60.7 Å². The van der Waals surface area contributed by atoms with Crippen LogP contribution in [0.25, 0.3) is 0 Å². The van der Waals surface area contributed by atoms with E-state index in [1.54, 1.807) is 11.8 Å². The highest BCUT2D eigenvalue weighted by atomic mass is 35.5. The molecule has 130 valence electrons. The summed E-state index contributed by atoms with van der Waals surface area (Å²) in [6.45, 7) is 3.72. The van der Waals surface area contributed by atoms with Gasteiger partial charge in [-0.1, -0.05) is 60.7 Å². The zero-order valence-electron chi connectivity index (χ0n) is 14.0. The first-order valence-corrected chi connectivity index (χ1v) is 9.15. The van der Waals surface area contributed by atoms with Crippen molar-refractivity contribution in [3.05, 3.63) is 71.8 Å². The maximum Gasteiger partial charge on any atom is 0.321 e. The molecule has 0 amide bonds. The SMILES string of the molecule is CC(C)(SCc1ccccc1)C(N)C(=O)O.ClCc1ccccc1. The minimum Gasteiger partial charge on any atom is -0.480 e. The van der Waals surface area contributed by atoms with E-state index in [0.717, 1.165) is 5.75 Å². The van der Waals surface area contributed by atoms with Crippen LogP contribution in [0.3, 0.4) is 0 Å². The molecule has 1 unspecified atom stereocenters. The van der Waals surface area contributed by atoms with Crippen LogP contribution in [0.4, 0.5) is 0 Å². The fourth-order valence-electron chi connectivity index (χ4n) is 1.80. The van der Waals surface area contributed by atoms with Gasteiger partial charge in [0.1, 0.15) is 6.04 Å². The second-order valence-corrected chi connectivity index (χ2v) is 7.71. The van der Waals surface area contributed by atoms with E-state index >= 15 is 0 Å². The third-order valence-corrected chi connectivity index (χ3v) is 5.25. The number of aliphatic carboxylic acids is 1. The molecule has 1 atom stereocenters. The van der Waals surface area contributed by atoms with Crippen LogP contribution in [0.1, 0.15) is 25.0 Å². The summed E-state index contributed by atoms with van der Waals surface area (Å²) in [7, 11) is 0. The van der Waals surface area contributed by atoms with E-state index < -0.39 is 16.8 Å². The van der Waals surface area contributed by atoms with Gasteiger partial charge in [0.25, 0.3) is 0 Å². The Morgan fingerprint density at radius 2 is 1.54 bits per heavy atom. The Balaban J connectivity index is 0.000000300. The molecular weight excluding hydrogens is 342 g/mol. The standard InChI is InChI=1S/C12H17NO2S.C7H7Cl/c1-12(2,10(13)11(14)15)16-8-9-6-4-3-5-7-9;8-6-7-4-2-1-3-5-7/h3-7,10H,8,13H2,1-2H3,(H,14,15);1-5H,6H2. The summed E-state index contributed by atoms with van der Waals surface area (Å²) >= 11 is 7.09. The van der Waals surface area contributed by atoms with Gasteiger partial charge in [0, 0.05) is 16.4 Å². The van der Waals surface area contributed by atoms with E-state index in [1.807, 2.05) is 74.5 Å². The summed E-state index contributed by atoms with van der Waals surface area (Å²) in [4.78, 5) is 10.8. The highest BCUT2D eigenvalue weighted by molar-refractivity contribution is 7.99. The molecule has 3 N–H and O–H groups in total. The number of nitrogens with two attached hydrogens (primary N) is 1. The van der Waals surface area contributed by atoms with Gasteiger partial charge in [-0.2, -0.15) is 0 Å². The van der Waals surface area contributed by atoms with Gasteiger partial charge >= 0.3 is 5.97 Å². The molecule has 0 aliphatic rings. The van der Waals surface area contributed by atoms with Crippen molar-refractivity contribution >= 4 is 29.3 Å². The van der Waals surface area contributed by atoms with Gasteiger partial charge in [-0.3, -0.25) is 4.79 Å². The highest BCUT2D eigenvalue weighted by Gasteiger charge is 2.32. The molecule has 0 saturated heterocycles. The van der Waals surface area contributed by atoms with Gasteiger partial charge in [0.2, 0.25) is 0 Å². The maximum absolute atomic E-state index is 10.8. The van der Waals surface area contributed by atoms with Crippen molar-refractivity contribution in [2.45, 2.75) is 36.3 Å². The Bertz CT molecular complexity index is 605. The number of benzene rings is 2. The Kier molecular flexibility index (Phi) is 8.90. The summed E-state index contributed by atoms with van der Waals surface area (Å²) in [5.41, 5.74) is 7.99. The molecular formula is C19H24ClNO2S. The molecule has 0 spiro atoms. The van der Waals surface area contributed by atoms with Crippen molar-refractivity contribution in [1.82, 2.24) is 0 Å². The first-order chi connectivity index (χ1) is 11.4. The molecule has 2 aromatic carbocycles. The van der Waals surface area contributed by atoms with Crippen LogP contribution in [0.5, 0.6) is 0 Å². The molecule has 2 rings (SSSR count). The zero-order chi connectivity index (χ0) is 18.0. The number of halogens is 1. The van der Waals surface area contributed by atoms with Crippen LogP contribution in [-0.4, -0.2) is 21.9 Å². The van der Waals surface area contributed by atoms with E-state index in [2.05, 4.69) is 0 Å². The quantitative estimate of drug-likeness (QED) is 0.738. The molecule has 0 bridgehead atoms. The predicted octanol–water partition coefficient (Wildman–Crippen LogP) is 4.54. The monoisotopic (exact) mass is 365 g/mol. The van der Waals surface area contributed by atoms with Crippen molar-refractivity contribution in [1.29, 1.82) is 0 Å². The Labute approximate surface area is 153 Å². The third-order valence-electron chi connectivity index (χ3n) is 3.47. The number of hydrogen-bond acceptors (Lipinski definition) is 3. The van der Waals surface area contributed by atoms with E-state index in [4.69, 9.17) is 22.4 Å². The fraction of sp³-hybridized carbons (Fsp3) is 0.316. The van der Waals surface area contributed by atoms with Gasteiger partial charge in [-0.15, -0.1) is 23.4 Å². The van der Waals surface area contributed by atoms with Crippen molar-refractivity contribution in [2.24, 2.45) is 5.73 Å². The molecule has 5 heteroatoms. The van der Waals surface area contributed by atoms with Crippen LogP contribution < -0.4 is 5.73 Å². The van der Waals surface area contributed by atoms with Crippen LogP contribution in [0.2, 0.25) is 0 Å². The molecule has 0 heterocycles. The van der Waals surface area contributed by atoms with E-state index in [1.165, 1.54) is 11.1 Å². The minimum absolute atomic E-state index is 0.471. The van der Waals surface area contributed by atoms with Crippen LogP contribution >= 0.6 is 23.4 Å². The number of thioether (sulfide) groups is 1. The van der Waals surface area contributed by atoms with Crippen molar-refractivity contribution in [3.63, 3.8) is 0 Å². The average Bonchev–Trinajstić information content (AvgIpc) is 2.61. The second kappa shape index (κ2) is 10.4. The molecule has 0 aliphatic heterocycles. The lowest BCUT2D eigenvalue weighted by Crippen LogP contribution is -2.46. The van der Waals surface area contributed by atoms with Gasteiger partial charge in [0.05, 0.1) is 0 Å². The predicted molar refractivity (Wildman–Crippen MR) is 103 cm³/mol. The van der Waals surface area contributed by atoms with Gasteiger partial charge < -0.3 is 10.8 Å². The minimum atomic E-state index is -0.953. The number of alkyl halides is 1. The van der Waals surface area contributed by atoms with E-state index in [9.17, 15) is 4.79 Å². The molecule has 0 saturated carbocycles. The molecule has 0 fully saturated rings. The molecule has 2 aromatic rings. The summed E-state index contributed by atoms with van der Waals surface area (Å²) in [6.07, 6.45) is 0. The largest absolute Gasteiger partial charge is 0.480 e. The zero-order valence-corrected chi connectivity index (χ0v) is 15.6. The number of carboxylic acid groups (broad SMARTS) is 1. The highest BCUT2D eigenvalue weighted by Crippen LogP contribution is 2.30. The van der Waals surface area contributed by atoms with E-state index in [0.29, 0.717) is 5.88 Å². The number of rotatable bonds is 6. The molecule has 3 nitrogen and oxygen atoms in total. The molecule has 0 aromatic heterocycles. The summed E-state index contributed by atoms with van der Waals surface area (Å²) in [5.74, 6) is 0.431. The number of carbonyl (C=O) groups is 1. The lowest BCUT2D eigenvalue weighted by atomic mass is 10.1. The van der Waals surface area contributed by atoms with Crippen LogP contribution in [-0.2, 0) is 16.4 Å². The lowest BCUT2D eigenvalue weighted by molar-refractivity contribution is -0.139. The fourth-order valence-corrected chi connectivity index (χ4v) is 2.99. The maximum atomic E-state index is 10.8. The lowest BCUT2D eigenvalue weighted by Gasteiger charge is -2.27. The second-order valence-electron chi connectivity index (χ2n) is 5.81. The van der Waals surface area contributed by atoms with Gasteiger partial charge in [-0.25, -0.2) is 0 Å². The number of carboxylic acids is 1. The normalized spacial score (nSPS) is 12.0. The summed E-state index contributed by atoms with van der Waals surface area (Å²) < 4.78 is -0.471. The van der Waals surface area contributed by atoms with Crippen molar-refractivity contribution in [2.75, 3.05) is 0 Å². The van der Waals surface area contributed by atoms with Crippen molar-refractivity contribution < 1.29 is 9.90 Å². The van der Waals surface area contributed by atoms with Gasteiger partial charge in [-0.05, 0) is 25.0 Å². The Morgan fingerprint density at radius 1 is 1.08 bits per heavy atom. The first-order valence-electron chi connectivity index (χ1n) is 7.63. The third kappa shape index (κ3) is 7.39. The summed E-state index contributed by atoms with van der Waals surface area (Å²) in [5, 5.41) is 8.88. The van der Waals surface area contributed by atoms with E-state index in [-0.39, 0.29) is 0 Å². The summed E-state index contributed by atoms with van der Waals surface area (Å²) in [6, 6.07) is 19.1. The molecule has 0 aliphatic carbocycles. The molecule has 0 radical (unpaired) electrons. The Morgan fingerprint density at radius 3 is 1.92 bits per heavy atom. The Hall–Kier alpha value is -1.49. The topological polar surface area (TPSA) is 63.3 Å². The molecule has 24 heavy (non-hydrogen) atoms. The number of hydrogen-bond donors (Lipinski definition) is 2. The van der Waals surface area contributed by atoms with Crippen LogP contribution in [0, 0.1) is 0 Å². The van der Waals surface area contributed by atoms with Gasteiger partial charge in [0.15, 0.2) is 0 Å². The first kappa shape index (κ1) is 20.6. The average molecular weight is 366 g/mol. The smallest absolute Gasteiger partial charge is 0.321 e. The van der Waals surface area contributed by atoms with Crippen molar-refractivity contribution in [3.8, 4) is 0 Å².